The first-order chi connectivity index (χ1) is 14.4. The van der Waals surface area contributed by atoms with Gasteiger partial charge in [0.15, 0.2) is 0 Å². The standard InChI is InChI=1S/C21H18FN5O3/c1-12(28)24-15-6-8-16(9-7-15)25-21(30)18-10-19(29)26-20-17(11-23-27(18)20)13-2-4-14(22)5-3-13/h2-9,11,18H,10H2,1H3,(H,24,28)(H,25,30)(H,26,29)/t18-/m1/s1. The molecule has 0 radical (unpaired) electrons. The van der Waals surface area contributed by atoms with Crippen molar-refractivity contribution in [2.24, 2.45) is 0 Å². The van der Waals surface area contributed by atoms with Gasteiger partial charge in [-0.15, -0.1) is 0 Å². The second-order valence-electron chi connectivity index (χ2n) is 6.87. The third-order valence-corrected chi connectivity index (χ3v) is 4.66. The van der Waals surface area contributed by atoms with Crippen LogP contribution in [0.4, 0.5) is 21.6 Å². The van der Waals surface area contributed by atoms with Gasteiger partial charge in [-0.05, 0) is 42.0 Å². The second kappa shape index (κ2) is 7.78. The Labute approximate surface area is 171 Å². The van der Waals surface area contributed by atoms with Crippen molar-refractivity contribution < 1.29 is 18.8 Å². The van der Waals surface area contributed by atoms with Gasteiger partial charge in [-0.1, -0.05) is 12.1 Å². The Bertz CT molecular complexity index is 1120. The Morgan fingerprint density at radius 1 is 1.07 bits per heavy atom. The number of nitrogens with zero attached hydrogens (tertiary/aromatic N) is 2. The highest BCUT2D eigenvalue weighted by molar-refractivity contribution is 6.03. The molecule has 30 heavy (non-hydrogen) atoms. The number of amides is 3. The van der Waals surface area contributed by atoms with Gasteiger partial charge < -0.3 is 16.0 Å². The fourth-order valence-electron chi connectivity index (χ4n) is 3.28. The molecule has 2 heterocycles. The average Bonchev–Trinajstić information content (AvgIpc) is 3.12. The fourth-order valence-corrected chi connectivity index (χ4v) is 3.28. The van der Waals surface area contributed by atoms with E-state index in [-0.39, 0.29) is 24.1 Å². The number of nitrogens with one attached hydrogen (secondary N) is 3. The Balaban J connectivity index is 1.57. The molecular formula is C21H18FN5O3. The van der Waals surface area contributed by atoms with Crippen molar-refractivity contribution in [3.05, 3.63) is 60.5 Å². The monoisotopic (exact) mass is 407 g/mol. The highest BCUT2D eigenvalue weighted by atomic mass is 19.1. The molecule has 0 saturated carbocycles. The molecule has 1 aliphatic heterocycles. The van der Waals surface area contributed by atoms with Gasteiger partial charge in [-0.3, -0.25) is 14.4 Å². The van der Waals surface area contributed by atoms with Gasteiger partial charge in [0.25, 0.3) is 0 Å². The van der Waals surface area contributed by atoms with Crippen LogP contribution in [-0.4, -0.2) is 27.5 Å². The summed E-state index contributed by atoms with van der Waals surface area (Å²) in [7, 11) is 0. The third kappa shape index (κ3) is 3.90. The summed E-state index contributed by atoms with van der Waals surface area (Å²) in [6.45, 7) is 1.41. The molecule has 2 aromatic carbocycles. The lowest BCUT2D eigenvalue weighted by Crippen LogP contribution is -2.35. The number of halogens is 1. The number of fused-ring (bicyclic) bond motifs is 1. The Hall–Kier alpha value is -4.01. The Kier molecular flexibility index (Phi) is 5.01. The molecule has 0 fully saturated rings. The minimum absolute atomic E-state index is 0.0622. The quantitative estimate of drug-likeness (QED) is 0.618. The molecule has 3 N–H and O–H groups in total. The van der Waals surface area contributed by atoms with Crippen molar-refractivity contribution in [1.82, 2.24) is 9.78 Å². The van der Waals surface area contributed by atoms with E-state index < -0.39 is 11.9 Å². The summed E-state index contributed by atoms with van der Waals surface area (Å²) in [5.41, 5.74) is 2.40. The van der Waals surface area contributed by atoms with Crippen LogP contribution in [-0.2, 0) is 14.4 Å². The molecule has 3 aromatic rings. The number of hydrogen-bond acceptors (Lipinski definition) is 4. The molecule has 0 aliphatic carbocycles. The maximum Gasteiger partial charge on any atom is 0.249 e. The van der Waals surface area contributed by atoms with Crippen LogP contribution in [0.1, 0.15) is 19.4 Å². The first kappa shape index (κ1) is 19.3. The van der Waals surface area contributed by atoms with Gasteiger partial charge in [0.2, 0.25) is 17.7 Å². The lowest BCUT2D eigenvalue weighted by atomic mass is 10.1. The van der Waals surface area contributed by atoms with Crippen LogP contribution in [0.2, 0.25) is 0 Å². The predicted molar refractivity (Wildman–Crippen MR) is 109 cm³/mol. The summed E-state index contributed by atoms with van der Waals surface area (Å²) in [4.78, 5) is 36.2. The van der Waals surface area contributed by atoms with E-state index in [1.54, 1.807) is 36.4 Å². The highest BCUT2D eigenvalue weighted by Crippen LogP contribution is 2.34. The molecule has 0 spiro atoms. The summed E-state index contributed by atoms with van der Waals surface area (Å²) in [6, 6.07) is 11.6. The van der Waals surface area contributed by atoms with E-state index in [1.807, 2.05) is 0 Å². The number of aromatic nitrogens is 2. The topological polar surface area (TPSA) is 105 Å². The zero-order valence-corrected chi connectivity index (χ0v) is 16.0. The molecule has 0 bridgehead atoms. The van der Waals surface area contributed by atoms with Crippen LogP contribution in [0.3, 0.4) is 0 Å². The number of hydrogen-bond donors (Lipinski definition) is 3. The van der Waals surface area contributed by atoms with Crippen molar-refractivity contribution in [3.63, 3.8) is 0 Å². The smallest absolute Gasteiger partial charge is 0.249 e. The molecule has 0 saturated heterocycles. The molecule has 152 valence electrons. The predicted octanol–water partition coefficient (Wildman–Crippen LogP) is 3.17. The molecule has 1 atom stereocenters. The molecule has 0 unspecified atom stereocenters. The van der Waals surface area contributed by atoms with Crippen LogP contribution >= 0.6 is 0 Å². The van der Waals surface area contributed by atoms with Crippen LogP contribution in [0, 0.1) is 5.82 Å². The number of benzene rings is 2. The number of anilines is 3. The van der Waals surface area contributed by atoms with Crippen molar-refractivity contribution in [2.75, 3.05) is 16.0 Å². The number of carbonyl (C=O) groups is 3. The molecule has 1 aliphatic rings. The maximum atomic E-state index is 13.2. The Morgan fingerprint density at radius 3 is 2.33 bits per heavy atom. The third-order valence-electron chi connectivity index (χ3n) is 4.66. The maximum absolute atomic E-state index is 13.2. The van der Waals surface area contributed by atoms with Crippen molar-refractivity contribution in [1.29, 1.82) is 0 Å². The van der Waals surface area contributed by atoms with E-state index in [0.29, 0.717) is 28.3 Å². The van der Waals surface area contributed by atoms with Gasteiger partial charge in [0.1, 0.15) is 17.7 Å². The fraction of sp³-hybridized carbons (Fsp3) is 0.143. The zero-order chi connectivity index (χ0) is 21.3. The molecule has 9 heteroatoms. The summed E-state index contributed by atoms with van der Waals surface area (Å²) in [5, 5.41) is 12.4. The average molecular weight is 407 g/mol. The van der Waals surface area contributed by atoms with E-state index in [9.17, 15) is 18.8 Å². The van der Waals surface area contributed by atoms with Gasteiger partial charge in [0, 0.05) is 23.9 Å². The van der Waals surface area contributed by atoms with Crippen LogP contribution in [0.5, 0.6) is 0 Å². The lowest BCUT2D eigenvalue weighted by molar-refractivity contribution is -0.125. The summed E-state index contributed by atoms with van der Waals surface area (Å²) in [6.07, 6.45) is 1.48. The zero-order valence-electron chi connectivity index (χ0n) is 16.0. The first-order valence-corrected chi connectivity index (χ1v) is 9.22. The van der Waals surface area contributed by atoms with E-state index in [2.05, 4.69) is 21.0 Å². The number of carbonyl (C=O) groups excluding carboxylic acids is 3. The van der Waals surface area contributed by atoms with Crippen molar-refractivity contribution >= 4 is 34.9 Å². The molecule has 3 amide bonds. The summed E-state index contributed by atoms with van der Waals surface area (Å²) in [5.74, 6) is -0.882. The lowest BCUT2D eigenvalue weighted by Gasteiger charge is -2.24. The Morgan fingerprint density at radius 2 is 1.70 bits per heavy atom. The normalized spacial score (nSPS) is 15.1. The van der Waals surface area contributed by atoms with Crippen LogP contribution < -0.4 is 16.0 Å². The summed E-state index contributed by atoms with van der Waals surface area (Å²) < 4.78 is 14.7. The molecule has 8 nitrogen and oxygen atoms in total. The number of rotatable bonds is 4. The summed E-state index contributed by atoms with van der Waals surface area (Å²) >= 11 is 0. The highest BCUT2D eigenvalue weighted by Gasteiger charge is 2.33. The van der Waals surface area contributed by atoms with Gasteiger partial charge in [0.05, 0.1) is 12.6 Å². The molecular weight excluding hydrogens is 389 g/mol. The molecule has 1 aromatic heterocycles. The van der Waals surface area contributed by atoms with E-state index in [0.717, 1.165) is 0 Å². The SMILES string of the molecule is CC(=O)Nc1ccc(NC(=O)[C@H]2CC(=O)Nc3c(-c4ccc(F)cc4)cnn32)cc1. The second-order valence-corrected chi connectivity index (χ2v) is 6.87. The minimum atomic E-state index is -0.835. The van der Waals surface area contributed by atoms with Crippen LogP contribution in [0.15, 0.2) is 54.7 Å². The van der Waals surface area contributed by atoms with Gasteiger partial charge in [-0.2, -0.15) is 5.10 Å². The molecule has 4 rings (SSSR count). The van der Waals surface area contributed by atoms with Crippen LogP contribution in [0.25, 0.3) is 11.1 Å². The van der Waals surface area contributed by atoms with Gasteiger partial charge >= 0.3 is 0 Å². The van der Waals surface area contributed by atoms with E-state index in [1.165, 1.54) is 29.9 Å². The first-order valence-electron chi connectivity index (χ1n) is 9.22. The minimum Gasteiger partial charge on any atom is -0.326 e. The van der Waals surface area contributed by atoms with Crippen molar-refractivity contribution in [3.8, 4) is 11.1 Å². The largest absolute Gasteiger partial charge is 0.326 e. The van der Waals surface area contributed by atoms with Crippen molar-refractivity contribution in [2.45, 2.75) is 19.4 Å². The van der Waals surface area contributed by atoms with E-state index >= 15 is 0 Å². The van der Waals surface area contributed by atoms with E-state index in [4.69, 9.17) is 0 Å². The van der Waals surface area contributed by atoms with Gasteiger partial charge in [-0.25, -0.2) is 9.07 Å².